The van der Waals surface area contributed by atoms with Gasteiger partial charge in [-0.2, -0.15) is 4.31 Å². The molecule has 0 spiro atoms. The molecule has 0 aromatic heterocycles. The number of benzene rings is 1. The predicted octanol–water partition coefficient (Wildman–Crippen LogP) is 3.01. The highest BCUT2D eigenvalue weighted by Crippen LogP contribution is 2.24. The Bertz CT molecular complexity index is 567. The first-order valence-corrected chi connectivity index (χ1v) is 9.37. The van der Waals surface area contributed by atoms with Crippen molar-refractivity contribution in [2.24, 2.45) is 0 Å². The maximum atomic E-state index is 12.7. The van der Waals surface area contributed by atoms with E-state index < -0.39 is 10.0 Å². The molecular weight excluding hydrogens is 308 g/mol. The summed E-state index contributed by atoms with van der Waals surface area (Å²) in [7, 11) is -3.40. The van der Waals surface area contributed by atoms with Gasteiger partial charge in [-0.3, -0.25) is 0 Å². The van der Waals surface area contributed by atoms with Gasteiger partial charge < -0.3 is 5.32 Å². The third kappa shape index (κ3) is 4.19. The van der Waals surface area contributed by atoms with Crippen molar-refractivity contribution in [3.63, 3.8) is 0 Å². The standard InChI is InChI=1S/C15H23ClN2O2S/c1-2-17-12-13-11-14(7-8-15(13)16)21(19,20)18-9-5-3-4-6-10-18/h7-8,11,17H,2-6,9-10,12H2,1H3. The van der Waals surface area contributed by atoms with Gasteiger partial charge >= 0.3 is 0 Å². The summed E-state index contributed by atoms with van der Waals surface area (Å²) in [6.45, 7) is 4.64. The molecule has 1 saturated heterocycles. The van der Waals surface area contributed by atoms with Gasteiger partial charge in [-0.25, -0.2) is 8.42 Å². The Morgan fingerprint density at radius 2 is 1.86 bits per heavy atom. The average Bonchev–Trinajstić information content (AvgIpc) is 2.75. The molecule has 0 saturated carbocycles. The van der Waals surface area contributed by atoms with Crippen molar-refractivity contribution >= 4 is 21.6 Å². The Hall–Kier alpha value is -0.620. The number of hydrogen-bond donors (Lipinski definition) is 1. The van der Waals surface area contributed by atoms with Crippen LogP contribution < -0.4 is 5.32 Å². The van der Waals surface area contributed by atoms with Gasteiger partial charge in [0.15, 0.2) is 0 Å². The van der Waals surface area contributed by atoms with Crippen molar-refractivity contribution < 1.29 is 8.42 Å². The molecule has 1 aromatic rings. The second kappa shape index (κ2) is 7.58. The van der Waals surface area contributed by atoms with Crippen molar-refractivity contribution in [3.8, 4) is 0 Å². The highest BCUT2D eigenvalue weighted by atomic mass is 35.5. The first kappa shape index (κ1) is 16.7. The Labute approximate surface area is 132 Å². The number of halogens is 1. The predicted molar refractivity (Wildman–Crippen MR) is 86.1 cm³/mol. The minimum atomic E-state index is -3.40. The van der Waals surface area contributed by atoms with Crippen LogP contribution in [0.5, 0.6) is 0 Å². The lowest BCUT2D eigenvalue weighted by Crippen LogP contribution is -2.32. The number of rotatable bonds is 5. The van der Waals surface area contributed by atoms with Crippen LogP contribution in [0.25, 0.3) is 0 Å². The molecule has 118 valence electrons. The minimum Gasteiger partial charge on any atom is -0.313 e. The molecule has 1 aliphatic rings. The fourth-order valence-electron chi connectivity index (χ4n) is 2.54. The summed E-state index contributed by atoms with van der Waals surface area (Å²) in [6.07, 6.45) is 4.10. The van der Waals surface area contributed by atoms with E-state index in [2.05, 4.69) is 5.32 Å². The quantitative estimate of drug-likeness (QED) is 0.902. The lowest BCUT2D eigenvalue weighted by Gasteiger charge is -2.20. The van der Waals surface area contributed by atoms with E-state index in [1.54, 1.807) is 22.5 Å². The Kier molecular flexibility index (Phi) is 6.05. The van der Waals surface area contributed by atoms with Gasteiger partial charge in [0.2, 0.25) is 10.0 Å². The largest absolute Gasteiger partial charge is 0.313 e. The maximum Gasteiger partial charge on any atom is 0.243 e. The van der Waals surface area contributed by atoms with Gasteiger partial charge in [-0.15, -0.1) is 0 Å². The zero-order chi connectivity index (χ0) is 15.3. The van der Waals surface area contributed by atoms with Gasteiger partial charge in [-0.05, 0) is 43.1 Å². The summed E-state index contributed by atoms with van der Waals surface area (Å²) >= 11 is 6.15. The second-order valence-electron chi connectivity index (χ2n) is 5.35. The van der Waals surface area contributed by atoms with E-state index in [0.717, 1.165) is 37.8 Å². The monoisotopic (exact) mass is 330 g/mol. The number of sulfonamides is 1. The molecular formula is C15H23ClN2O2S. The van der Waals surface area contributed by atoms with Gasteiger partial charge in [0.1, 0.15) is 0 Å². The number of hydrogen-bond acceptors (Lipinski definition) is 3. The third-order valence-electron chi connectivity index (χ3n) is 3.79. The summed E-state index contributed by atoms with van der Waals surface area (Å²) in [5.41, 5.74) is 0.828. The van der Waals surface area contributed by atoms with Gasteiger partial charge in [-0.1, -0.05) is 31.4 Å². The average molecular weight is 331 g/mol. The van der Waals surface area contributed by atoms with Crippen molar-refractivity contribution in [2.45, 2.75) is 44.0 Å². The Morgan fingerprint density at radius 3 is 2.48 bits per heavy atom. The van der Waals surface area contributed by atoms with Gasteiger partial charge in [0.25, 0.3) is 0 Å². The third-order valence-corrected chi connectivity index (χ3v) is 6.05. The highest BCUT2D eigenvalue weighted by Gasteiger charge is 2.25. The molecule has 0 radical (unpaired) electrons. The molecule has 0 atom stereocenters. The van der Waals surface area contributed by atoms with Crippen LogP contribution in [0.15, 0.2) is 23.1 Å². The SMILES string of the molecule is CCNCc1cc(S(=O)(=O)N2CCCCCC2)ccc1Cl. The molecule has 1 N–H and O–H groups in total. The lowest BCUT2D eigenvalue weighted by atomic mass is 10.2. The molecule has 0 bridgehead atoms. The van der Waals surface area contributed by atoms with Crippen LogP contribution in [-0.2, 0) is 16.6 Å². The summed E-state index contributed by atoms with van der Waals surface area (Å²) in [5.74, 6) is 0. The van der Waals surface area contributed by atoms with E-state index in [9.17, 15) is 8.42 Å². The first-order chi connectivity index (χ1) is 10.1. The zero-order valence-electron chi connectivity index (χ0n) is 12.4. The van der Waals surface area contributed by atoms with E-state index >= 15 is 0 Å². The van der Waals surface area contributed by atoms with E-state index in [-0.39, 0.29) is 0 Å². The number of nitrogens with one attached hydrogen (secondary N) is 1. The molecule has 1 heterocycles. The number of nitrogens with zero attached hydrogens (tertiary/aromatic N) is 1. The summed E-state index contributed by atoms with van der Waals surface area (Å²) in [6, 6.07) is 4.99. The highest BCUT2D eigenvalue weighted by molar-refractivity contribution is 7.89. The minimum absolute atomic E-state index is 0.349. The van der Waals surface area contributed by atoms with Crippen LogP contribution in [-0.4, -0.2) is 32.4 Å². The van der Waals surface area contributed by atoms with Crippen LogP contribution in [0.1, 0.15) is 38.2 Å². The second-order valence-corrected chi connectivity index (χ2v) is 7.70. The van der Waals surface area contributed by atoms with E-state index in [0.29, 0.717) is 29.6 Å². The van der Waals surface area contributed by atoms with Crippen LogP contribution in [0.2, 0.25) is 5.02 Å². The van der Waals surface area contributed by atoms with Crippen LogP contribution >= 0.6 is 11.6 Å². The van der Waals surface area contributed by atoms with E-state index in [1.807, 2.05) is 6.92 Å². The smallest absolute Gasteiger partial charge is 0.243 e. The molecule has 1 aliphatic heterocycles. The van der Waals surface area contributed by atoms with Crippen molar-refractivity contribution in [1.29, 1.82) is 0 Å². The molecule has 6 heteroatoms. The molecule has 1 fully saturated rings. The fourth-order valence-corrected chi connectivity index (χ4v) is 4.29. The van der Waals surface area contributed by atoms with Crippen LogP contribution in [0.4, 0.5) is 0 Å². The zero-order valence-corrected chi connectivity index (χ0v) is 14.0. The molecule has 1 aromatic carbocycles. The summed E-state index contributed by atoms with van der Waals surface area (Å²) in [4.78, 5) is 0.349. The fraction of sp³-hybridized carbons (Fsp3) is 0.600. The molecule has 4 nitrogen and oxygen atoms in total. The lowest BCUT2D eigenvalue weighted by molar-refractivity contribution is 0.423. The normalized spacial score (nSPS) is 17.6. The summed E-state index contributed by atoms with van der Waals surface area (Å²) < 4.78 is 27.1. The summed E-state index contributed by atoms with van der Waals surface area (Å²) in [5, 5.41) is 3.78. The van der Waals surface area contributed by atoms with Crippen molar-refractivity contribution in [2.75, 3.05) is 19.6 Å². The molecule has 2 rings (SSSR count). The molecule has 0 amide bonds. The Balaban J connectivity index is 2.26. The molecule has 21 heavy (non-hydrogen) atoms. The van der Waals surface area contributed by atoms with Gasteiger partial charge in [0, 0.05) is 24.7 Å². The van der Waals surface area contributed by atoms with E-state index in [1.165, 1.54) is 0 Å². The van der Waals surface area contributed by atoms with Crippen molar-refractivity contribution in [3.05, 3.63) is 28.8 Å². The molecule has 0 aliphatic carbocycles. The van der Waals surface area contributed by atoms with Gasteiger partial charge in [0.05, 0.1) is 4.90 Å². The first-order valence-electron chi connectivity index (χ1n) is 7.55. The topological polar surface area (TPSA) is 49.4 Å². The Morgan fingerprint density at radius 1 is 1.19 bits per heavy atom. The van der Waals surface area contributed by atoms with Crippen molar-refractivity contribution in [1.82, 2.24) is 9.62 Å². The maximum absolute atomic E-state index is 12.7. The van der Waals surface area contributed by atoms with Crippen LogP contribution in [0, 0.1) is 0 Å². The van der Waals surface area contributed by atoms with E-state index in [4.69, 9.17) is 11.6 Å². The molecule has 0 unspecified atom stereocenters. The van der Waals surface area contributed by atoms with Crippen LogP contribution in [0.3, 0.4) is 0 Å².